The van der Waals surface area contributed by atoms with E-state index in [9.17, 15) is 0 Å². The van der Waals surface area contributed by atoms with Gasteiger partial charge in [0, 0.05) is 19.1 Å². The van der Waals surface area contributed by atoms with Crippen molar-refractivity contribution in [2.24, 2.45) is 0 Å². The fourth-order valence-electron chi connectivity index (χ4n) is 2.13. The third-order valence-corrected chi connectivity index (χ3v) is 3.11. The molecule has 0 aliphatic carbocycles. The smallest absolute Gasteiger partial charge is 0.0605 e. The number of hydrogen-bond acceptors (Lipinski definition) is 2. The van der Waals surface area contributed by atoms with E-state index in [0.29, 0.717) is 6.04 Å². The Balaban J connectivity index is 2.19. The minimum absolute atomic E-state index is 0.550. The van der Waals surface area contributed by atoms with Crippen LogP contribution in [0.1, 0.15) is 20.3 Å². The van der Waals surface area contributed by atoms with Crippen molar-refractivity contribution in [1.82, 2.24) is 0 Å². The second kappa shape index (κ2) is 4.60. The van der Waals surface area contributed by atoms with E-state index < -0.39 is 0 Å². The van der Waals surface area contributed by atoms with E-state index in [1.165, 1.54) is 16.9 Å². The van der Waals surface area contributed by atoms with Crippen LogP contribution in [-0.4, -0.2) is 19.1 Å². The van der Waals surface area contributed by atoms with Crippen molar-refractivity contribution in [1.29, 1.82) is 0 Å². The largest absolute Gasteiger partial charge is 0.381 e. The molecule has 0 saturated heterocycles. The molecule has 1 aromatic carbocycles. The number of rotatable bonds is 3. The molecule has 1 atom stereocenters. The summed E-state index contributed by atoms with van der Waals surface area (Å²) in [6, 6.07) is 9.07. The van der Waals surface area contributed by atoms with Crippen LogP contribution in [0.5, 0.6) is 0 Å². The Morgan fingerprint density at radius 3 is 3.00 bits per heavy atom. The van der Waals surface area contributed by atoms with Crippen molar-refractivity contribution in [2.45, 2.75) is 26.3 Å². The lowest BCUT2D eigenvalue weighted by molar-refractivity contribution is 0.639. The zero-order valence-electron chi connectivity index (χ0n) is 10.2. The van der Waals surface area contributed by atoms with Gasteiger partial charge in [0.15, 0.2) is 0 Å². The summed E-state index contributed by atoms with van der Waals surface area (Å²) in [6.45, 7) is 10.4. The minimum atomic E-state index is 0.550. The molecular weight excluding hydrogens is 196 g/mol. The zero-order chi connectivity index (χ0) is 11.5. The second-order valence-corrected chi connectivity index (χ2v) is 4.65. The summed E-state index contributed by atoms with van der Waals surface area (Å²) in [4.78, 5) is 2.47. The highest BCUT2D eigenvalue weighted by Gasteiger charge is 2.21. The fraction of sp³-hybridized carbons (Fsp3) is 0.429. The number of fused-ring (bicyclic) bond motifs is 1. The predicted octanol–water partition coefficient (Wildman–Crippen LogP) is 3.27. The Morgan fingerprint density at radius 2 is 2.25 bits per heavy atom. The van der Waals surface area contributed by atoms with Gasteiger partial charge in [0.2, 0.25) is 0 Å². The van der Waals surface area contributed by atoms with Crippen LogP contribution in [0, 0.1) is 0 Å². The maximum Gasteiger partial charge on any atom is 0.0605 e. The zero-order valence-corrected chi connectivity index (χ0v) is 10.2. The number of nitrogens with zero attached hydrogens (tertiary/aromatic N) is 1. The fourth-order valence-corrected chi connectivity index (χ4v) is 2.13. The Kier molecular flexibility index (Phi) is 3.18. The molecule has 86 valence electrons. The molecule has 1 aliphatic rings. The molecule has 0 spiro atoms. The Labute approximate surface area is 98.0 Å². The molecule has 2 rings (SSSR count). The number of anilines is 2. The van der Waals surface area contributed by atoms with Crippen LogP contribution >= 0.6 is 0 Å². The summed E-state index contributed by atoms with van der Waals surface area (Å²) in [5.74, 6) is 0. The van der Waals surface area contributed by atoms with E-state index in [2.05, 4.69) is 54.9 Å². The summed E-state index contributed by atoms with van der Waals surface area (Å²) in [7, 11) is 0. The molecule has 2 nitrogen and oxygen atoms in total. The van der Waals surface area contributed by atoms with Crippen LogP contribution in [0.25, 0.3) is 0 Å². The average molecular weight is 216 g/mol. The van der Waals surface area contributed by atoms with Gasteiger partial charge < -0.3 is 10.2 Å². The molecule has 1 N–H and O–H groups in total. The molecule has 2 heteroatoms. The monoisotopic (exact) mass is 216 g/mol. The first-order valence-electron chi connectivity index (χ1n) is 5.92. The summed E-state index contributed by atoms with van der Waals surface area (Å²) >= 11 is 0. The molecule has 0 saturated carbocycles. The number of benzene rings is 1. The van der Waals surface area contributed by atoms with Gasteiger partial charge in [-0.3, -0.25) is 0 Å². The van der Waals surface area contributed by atoms with Crippen molar-refractivity contribution in [3.05, 3.63) is 36.4 Å². The topological polar surface area (TPSA) is 15.3 Å². The number of para-hydroxylation sites is 2. The van der Waals surface area contributed by atoms with E-state index in [0.717, 1.165) is 19.5 Å². The Morgan fingerprint density at radius 1 is 1.50 bits per heavy atom. The molecule has 16 heavy (non-hydrogen) atoms. The lowest BCUT2D eigenvalue weighted by Crippen LogP contribution is -2.42. The number of hydrogen-bond donors (Lipinski definition) is 1. The molecule has 1 heterocycles. The van der Waals surface area contributed by atoms with Crippen LogP contribution in [0.4, 0.5) is 11.4 Å². The molecule has 0 bridgehead atoms. The quantitative estimate of drug-likeness (QED) is 0.780. The third kappa shape index (κ3) is 2.21. The Bertz CT molecular complexity index is 384. The highest BCUT2D eigenvalue weighted by Crippen LogP contribution is 2.31. The van der Waals surface area contributed by atoms with E-state index in [1.54, 1.807) is 0 Å². The number of nitrogens with one attached hydrogen (secondary N) is 1. The van der Waals surface area contributed by atoms with Crippen molar-refractivity contribution in [2.75, 3.05) is 23.3 Å². The highest BCUT2D eigenvalue weighted by molar-refractivity contribution is 5.72. The van der Waals surface area contributed by atoms with Gasteiger partial charge in [-0.25, -0.2) is 0 Å². The molecule has 1 aliphatic heterocycles. The first-order chi connectivity index (χ1) is 7.68. The van der Waals surface area contributed by atoms with Gasteiger partial charge in [0.1, 0.15) is 0 Å². The van der Waals surface area contributed by atoms with Gasteiger partial charge in [0.25, 0.3) is 0 Å². The van der Waals surface area contributed by atoms with Crippen LogP contribution in [0.3, 0.4) is 0 Å². The van der Waals surface area contributed by atoms with E-state index in [4.69, 9.17) is 0 Å². The molecule has 0 amide bonds. The van der Waals surface area contributed by atoms with Gasteiger partial charge >= 0.3 is 0 Å². The molecule has 0 radical (unpaired) electrons. The van der Waals surface area contributed by atoms with Crippen molar-refractivity contribution in [3.63, 3.8) is 0 Å². The summed E-state index contributed by atoms with van der Waals surface area (Å²) in [6.07, 6.45) is 1.07. The lowest BCUT2D eigenvalue weighted by atomic mass is 10.1. The highest BCUT2D eigenvalue weighted by atomic mass is 15.2. The molecule has 0 fully saturated rings. The predicted molar refractivity (Wildman–Crippen MR) is 71.2 cm³/mol. The SMILES string of the molecule is C=C(C)CCN1c2ccccc2NCC1C. The average Bonchev–Trinajstić information content (AvgIpc) is 2.27. The first-order valence-corrected chi connectivity index (χ1v) is 5.92. The lowest BCUT2D eigenvalue weighted by Gasteiger charge is -2.37. The standard InChI is InChI=1S/C14H20N2/c1-11(2)8-9-16-12(3)10-15-13-6-4-5-7-14(13)16/h4-7,12,15H,1,8-10H2,2-3H3. The van der Waals surface area contributed by atoms with Crippen molar-refractivity contribution < 1.29 is 0 Å². The molecule has 1 aromatic rings. The van der Waals surface area contributed by atoms with Gasteiger partial charge in [-0.05, 0) is 32.4 Å². The summed E-state index contributed by atoms with van der Waals surface area (Å²) in [5.41, 5.74) is 3.83. The molecular formula is C14H20N2. The normalized spacial score (nSPS) is 18.9. The van der Waals surface area contributed by atoms with Crippen LogP contribution in [0.15, 0.2) is 36.4 Å². The third-order valence-electron chi connectivity index (χ3n) is 3.11. The van der Waals surface area contributed by atoms with Gasteiger partial charge in [-0.1, -0.05) is 17.7 Å². The minimum Gasteiger partial charge on any atom is -0.381 e. The van der Waals surface area contributed by atoms with Crippen molar-refractivity contribution >= 4 is 11.4 Å². The Hall–Kier alpha value is -1.44. The van der Waals surface area contributed by atoms with Gasteiger partial charge in [-0.15, -0.1) is 6.58 Å². The van der Waals surface area contributed by atoms with Gasteiger partial charge in [0.05, 0.1) is 11.4 Å². The summed E-state index contributed by atoms with van der Waals surface area (Å²) in [5, 5.41) is 3.47. The maximum absolute atomic E-state index is 3.98. The van der Waals surface area contributed by atoms with Crippen LogP contribution in [0.2, 0.25) is 0 Å². The van der Waals surface area contributed by atoms with E-state index >= 15 is 0 Å². The van der Waals surface area contributed by atoms with E-state index in [-0.39, 0.29) is 0 Å². The second-order valence-electron chi connectivity index (χ2n) is 4.65. The van der Waals surface area contributed by atoms with Crippen LogP contribution in [-0.2, 0) is 0 Å². The first kappa shape index (κ1) is 11.1. The molecule has 1 unspecified atom stereocenters. The summed E-state index contributed by atoms with van der Waals surface area (Å²) < 4.78 is 0. The maximum atomic E-state index is 3.98. The van der Waals surface area contributed by atoms with Crippen molar-refractivity contribution in [3.8, 4) is 0 Å². The van der Waals surface area contributed by atoms with Gasteiger partial charge in [-0.2, -0.15) is 0 Å². The van der Waals surface area contributed by atoms with E-state index in [1.807, 2.05) is 0 Å². The van der Waals surface area contributed by atoms with Crippen LogP contribution < -0.4 is 10.2 Å². The molecule has 0 aromatic heterocycles.